The largest absolute Gasteiger partial charge is 0.296 e. The molecule has 152 valence electrons. The zero-order chi connectivity index (χ0) is 21.3. The van der Waals surface area contributed by atoms with Crippen LogP contribution in [0.5, 0.6) is 0 Å². The van der Waals surface area contributed by atoms with E-state index in [9.17, 15) is 4.79 Å². The van der Waals surface area contributed by atoms with E-state index in [-0.39, 0.29) is 5.69 Å². The van der Waals surface area contributed by atoms with Gasteiger partial charge in [0.05, 0.1) is 16.3 Å². The van der Waals surface area contributed by atoms with Gasteiger partial charge in [0.25, 0.3) is 5.91 Å². The summed E-state index contributed by atoms with van der Waals surface area (Å²) in [7, 11) is 0. The maximum atomic E-state index is 12.7. The first-order chi connectivity index (χ1) is 13.6. The normalized spacial score (nSPS) is 11.6. The molecule has 3 aromatic rings. The number of benzene rings is 2. The molecule has 0 radical (unpaired) electrons. The number of hydrogen-bond acceptors (Lipinski definition) is 3. The van der Waals surface area contributed by atoms with Gasteiger partial charge in [0, 0.05) is 21.3 Å². The predicted molar refractivity (Wildman–Crippen MR) is 117 cm³/mol. The number of amides is 1. The Kier molecular flexibility index (Phi) is 6.24. The quantitative estimate of drug-likeness (QED) is 0.475. The van der Waals surface area contributed by atoms with Crippen LogP contribution in [0.4, 0.5) is 0 Å². The average Bonchev–Trinajstić information content (AvgIpc) is 2.97. The van der Waals surface area contributed by atoms with Crippen LogP contribution in [0.25, 0.3) is 17.1 Å². The Balaban J connectivity index is 2.15. The minimum atomic E-state index is -0.537. The Bertz CT molecular complexity index is 1050. The van der Waals surface area contributed by atoms with Crippen molar-refractivity contribution in [1.29, 1.82) is 0 Å². The number of nitrogens with zero attached hydrogens (tertiary/aromatic N) is 2. The third kappa shape index (κ3) is 4.93. The molecule has 2 aromatic carbocycles. The van der Waals surface area contributed by atoms with E-state index in [2.05, 4.69) is 10.5 Å². The van der Waals surface area contributed by atoms with Crippen molar-refractivity contribution in [3.05, 3.63) is 68.9 Å². The number of nitrogens with one attached hydrogen (secondary N) is 1. The zero-order valence-electron chi connectivity index (χ0n) is 16.4. The fourth-order valence-electron chi connectivity index (χ4n) is 2.72. The summed E-state index contributed by atoms with van der Waals surface area (Å²) in [6, 6.07) is 12.4. The summed E-state index contributed by atoms with van der Waals surface area (Å²) >= 11 is 18.5. The maximum Gasteiger partial charge on any atom is 0.295 e. The van der Waals surface area contributed by atoms with Gasteiger partial charge in [0.1, 0.15) is 5.82 Å². The topological polar surface area (TPSA) is 56.1 Å². The zero-order valence-corrected chi connectivity index (χ0v) is 18.7. The van der Waals surface area contributed by atoms with Gasteiger partial charge in [-0.25, -0.2) is 10.5 Å². The standard InChI is InChI=1S/C21H20Cl3N3O2/c1-12-18(20(28)26-29-21(2,3)4)25-19(16-10-7-14(23)11-17(16)24)27(12)15-8-5-13(22)6-9-15/h5-11H,1-4H3,(H,26,28). The van der Waals surface area contributed by atoms with E-state index in [1.807, 2.05) is 37.5 Å². The highest BCUT2D eigenvalue weighted by Gasteiger charge is 2.24. The molecule has 0 saturated heterocycles. The lowest BCUT2D eigenvalue weighted by Gasteiger charge is -2.18. The van der Waals surface area contributed by atoms with Crippen molar-refractivity contribution >= 4 is 40.7 Å². The number of rotatable bonds is 4. The molecule has 0 saturated carbocycles. The lowest BCUT2D eigenvalue weighted by atomic mass is 10.2. The third-order valence-electron chi connectivity index (χ3n) is 4.03. The number of carbonyl (C=O) groups is 1. The Labute approximate surface area is 184 Å². The van der Waals surface area contributed by atoms with E-state index >= 15 is 0 Å². The van der Waals surface area contributed by atoms with Crippen LogP contribution in [0, 0.1) is 6.92 Å². The van der Waals surface area contributed by atoms with Gasteiger partial charge in [-0.15, -0.1) is 0 Å². The molecule has 1 heterocycles. The Morgan fingerprint density at radius 3 is 2.24 bits per heavy atom. The highest BCUT2D eigenvalue weighted by atomic mass is 35.5. The second-order valence-corrected chi connectivity index (χ2v) is 8.73. The molecular weight excluding hydrogens is 433 g/mol. The van der Waals surface area contributed by atoms with Crippen molar-refractivity contribution in [1.82, 2.24) is 15.0 Å². The first-order valence-corrected chi connectivity index (χ1v) is 9.99. The summed E-state index contributed by atoms with van der Waals surface area (Å²) in [6.07, 6.45) is 0. The average molecular weight is 453 g/mol. The molecule has 8 heteroatoms. The molecule has 5 nitrogen and oxygen atoms in total. The summed E-state index contributed by atoms with van der Waals surface area (Å²) in [5, 5.41) is 1.54. The van der Waals surface area contributed by atoms with Crippen LogP contribution in [0.3, 0.4) is 0 Å². The van der Waals surface area contributed by atoms with Gasteiger partial charge >= 0.3 is 0 Å². The Hall–Kier alpha value is -2.05. The molecule has 3 rings (SSSR count). The van der Waals surface area contributed by atoms with Crippen molar-refractivity contribution in [3.63, 3.8) is 0 Å². The van der Waals surface area contributed by atoms with Crippen LogP contribution in [-0.2, 0) is 4.84 Å². The number of hydroxylamine groups is 1. The van der Waals surface area contributed by atoms with Crippen molar-refractivity contribution in [2.24, 2.45) is 0 Å². The minimum Gasteiger partial charge on any atom is -0.296 e. The van der Waals surface area contributed by atoms with E-state index in [4.69, 9.17) is 39.6 Å². The molecule has 0 bridgehead atoms. The van der Waals surface area contributed by atoms with Crippen LogP contribution in [-0.4, -0.2) is 21.1 Å². The molecule has 0 fully saturated rings. The van der Waals surface area contributed by atoms with Gasteiger partial charge in [-0.2, -0.15) is 0 Å². The summed E-state index contributed by atoms with van der Waals surface area (Å²) in [5.41, 5.74) is 4.22. The number of halogens is 3. The highest BCUT2D eigenvalue weighted by Crippen LogP contribution is 2.33. The molecular formula is C21H20Cl3N3O2. The van der Waals surface area contributed by atoms with Gasteiger partial charge < -0.3 is 0 Å². The van der Waals surface area contributed by atoms with Crippen LogP contribution < -0.4 is 5.48 Å². The van der Waals surface area contributed by atoms with Crippen molar-refractivity contribution < 1.29 is 9.63 Å². The van der Waals surface area contributed by atoms with Gasteiger partial charge in [0.15, 0.2) is 5.69 Å². The van der Waals surface area contributed by atoms with E-state index < -0.39 is 11.5 Å². The number of aromatic nitrogens is 2. The summed E-state index contributed by atoms with van der Waals surface area (Å²) < 4.78 is 1.84. The molecule has 1 aromatic heterocycles. The number of hydrogen-bond donors (Lipinski definition) is 1. The number of imidazole rings is 1. The number of carbonyl (C=O) groups excluding carboxylic acids is 1. The molecule has 0 spiro atoms. The molecule has 29 heavy (non-hydrogen) atoms. The minimum absolute atomic E-state index is 0.227. The van der Waals surface area contributed by atoms with E-state index in [1.165, 1.54) is 0 Å². The SMILES string of the molecule is Cc1c(C(=O)NOC(C)(C)C)nc(-c2ccc(Cl)cc2Cl)n1-c1ccc(Cl)cc1. The fraction of sp³-hybridized carbons (Fsp3) is 0.238. The van der Waals surface area contributed by atoms with Crippen molar-refractivity contribution in [3.8, 4) is 17.1 Å². The fourth-order valence-corrected chi connectivity index (χ4v) is 3.34. The third-order valence-corrected chi connectivity index (χ3v) is 4.83. The van der Waals surface area contributed by atoms with Gasteiger partial charge in [-0.1, -0.05) is 34.8 Å². The van der Waals surface area contributed by atoms with E-state index in [0.29, 0.717) is 32.1 Å². The predicted octanol–water partition coefficient (Wildman–Crippen LogP) is 6.27. The van der Waals surface area contributed by atoms with E-state index in [1.54, 1.807) is 37.3 Å². The molecule has 0 aliphatic heterocycles. The summed E-state index contributed by atoms with van der Waals surface area (Å²) in [4.78, 5) is 22.7. The Morgan fingerprint density at radius 2 is 1.66 bits per heavy atom. The first kappa shape index (κ1) is 21.7. The van der Waals surface area contributed by atoms with Crippen LogP contribution >= 0.6 is 34.8 Å². The maximum absolute atomic E-state index is 12.7. The van der Waals surface area contributed by atoms with Crippen LogP contribution in [0.1, 0.15) is 37.0 Å². The molecule has 0 atom stereocenters. The molecule has 1 N–H and O–H groups in total. The van der Waals surface area contributed by atoms with E-state index in [0.717, 1.165) is 5.69 Å². The molecule has 0 aliphatic rings. The molecule has 0 unspecified atom stereocenters. The second kappa shape index (κ2) is 8.36. The lowest BCUT2D eigenvalue weighted by Crippen LogP contribution is -2.34. The molecule has 1 amide bonds. The smallest absolute Gasteiger partial charge is 0.295 e. The second-order valence-electron chi connectivity index (χ2n) is 7.45. The monoisotopic (exact) mass is 451 g/mol. The first-order valence-electron chi connectivity index (χ1n) is 8.86. The van der Waals surface area contributed by atoms with Crippen molar-refractivity contribution in [2.75, 3.05) is 0 Å². The summed E-state index contributed by atoms with van der Waals surface area (Å²) in [6.45, 7) is 7.32. The van der Waals surface area contributed by atoms with Gasteiger partial charge in [-0.05, 0) is 70.2 Å². The summed E-state index contributed by atoms with van der Waals surface area (Å²) in [5.74, 6) is 0.0591. The van der Waals surface area contributed by atoms with Gasteiger partial charge in [0.2, 0.25) is 0 Å². The molecule has 0 aliphatic carbocycles. The van der Waals surface area contributed by atoms with Crippen molar-refractivity contribution in [2.45, 2.75) is 33.3 Å². The lowest BCUT2D eigenvalue weighted by molar-refractivity contribution is -0.0591. The van der Waals surface area contributed by atoms with Crippen LogP contribution in [0.15, 0.2) is 42.5 Å². The Morgan fingerprint density at radius 1 is 1.03 bits per heavy atom. The van der Waals surface area contributed by atoms with Crippen LogP contribution in [0.2, 0.25) is 15.1 Å². The highest BCUT2D eigenvalue weighted by molar-refractivity contribution is 6.36. The van der Waals surface area contributed by atoms with Gasteiger partial charge in [-0.3, -0.25) is 14.2 Å².